The highest BCUT2D eigenvalue weighted by molar-refractivity contribution is 6.00. The first kappa shape index (κ1) is 15.4. The van der Waals surface area contributed by atoms with Gasteiger partial charge in [0, 0.05) is 29.8 Å². The molecule has 0 amide bonds. The number of Topliss-reactive ketones (excluding diaryl/α,β-unsaturated/α-hetero) is 1. The maximum Gasteiger partial charge on any atom is 0.269 e. The van der Waals surface area contributed by atoms with E-state index < -0.39 is 11.0 Å². The van der Waals surface area contributed by atoms with Crippen LogP contribution in [-0.2, 0) is 4.79 Å². The first-order valence-corrected chi connectivity index (χ1v) is 8.26. The summed E-state index contributed by atoms with van der Waals surface area (Å²) in [6.45, 7) is 0. The van der Waals surface area contributed by atoms with Crippen LogP contribution in [0.1, 0.15) is 30.9 Å². The van der Waals surface area contributed by atoms with Crippen molar-refractivity contribution < 1.29 is 9.72 Å². The molecule has 6 heteroatoms. The number of allylic oxidation sites excluding steroid dienone is 1. The molecule has 126 valence electrons. The molecule has 2 aromatic rings. The number of hydrogen-bond donors (Lipinski definition) is 2. The maximum absolute atomic E-state index is 12.7. The molecule has 0 saturated carbocycles. The number of fused-ring (bicyclic) bond motifs is 1. The Labute approximate surface area is 144 Å². The Balaban J connectivity index is 1.87. The van der Waals surface area contributed by atoms with Crippen molar-refractivity contribution in [2.24, 2.45) is 0 Å². The molecule has 25 heavy (non-hydrogen) atoms. The van der Waals surface area contributed by atoms with Crippen LogP contribution in [0.4, 0.5) is 17.1 Å². The lowest BCUT2D eigenvalue weighted by atomic mass is 9.86. The number of hydrogen-bond acceptors (Lipinski definition) is 5. The maximum atomic E-state index is 12.7. The number of ketones is 1. The third-order valence-corrected chi connectivity index (χ3v) is 4.67. The molecule has 2 aromatic carbocycles. The molecule has 0 fully saturated rings. The van der Waals surface area contributed by atoms with Crippen LogP contribution in [0.3, 0.4) is 0 Å². The number of rotatable bonds is 2. The van der Waals surface area contributed by atoms with Crippen LogP contribution >= 0.6 is 0 Å². The van der Waals surface area contributed by atoms with Gasteiger partial charge < -0.3 is 10.6 Å². The predicted molar refractivity (Wildman–Crippen MR) is 95.4 cm³/mol. The van der Waals surface area contributed by atoms with Crippen molar-refractivity contribution in [3.8, 4) is 0 Å². The van der Waals surface area contributed by atoms with E-state index in [1.54, 1.807) is 6.07 Å². The smallest absolute Gasteiger partial charge is 0.269 e. The topological polar surface area (TPSA) is 84.3 Å². The van der Waals surface area contributed by atoms with Gasteiger partial charge in [-0.05, 0) is 30.5 Å². The Bertz CT molecular complexity index is 904. The third-order valence-electron chi connectivity index (χ3n) is 4.67. The normalized spacial score (nSPS) is 19.2. The van der Waals surface area contributed by atoms with E-state index in [1.165, 1.54) is 12.1 Å². The molecule has 6 nitrogen and oxygen atoms in total. The zero-order chi connectivity index (χ0) is 17.4. The number of carbonyl (C=O) groups is 1. The average molecular weight is 335 g/mol. The summed E-state index contributed by atoms with van der Waals surface area (Å²) in [6, 6.07) is 13.8. The van der Waals surface area contributed by atoms with Crippen molar-refractivity contribution in [2.75, 3.05) is 10.6 Å². The molecule has 1 heterocycles. The fourth-order valence-corrected chi connectivity index (χ4v) is 3.50. The van der Waals surface area contributed by atoms with Gasteiger partial charge in [-0.3, -0.25) is 14.9 Å². The Morgan fingerprint density at radius 1 is 1.04 bits per heavy atom. The molecular formula is C19H17N3O3. The van der Waals surface area contributed by atoms with E-state index >= 15 is 0 Å². The fourth-order valence-electron chi connectivity index (χ4n) is 3.50. The van der Waals surface area contributed by atoms with Crippen molar-refractivity contribution in [2.45, 2.75) is 25.3 Å². The Kier molecular flexibility index (Phi) is 3.72. The second-order valence-electron chi connectivity index (χ2n) is 6.27. The molecule has 2 aliphatic rings. The largest absolute Gasteiger partial charge is 0.372 e. The molecular weight excluding hydrogens is 318 g/mol. The van der Waals surface area contributed by atoms with E-state index in [9.17, 15) is 14.9 Å². The van der Waals surface area contributed by atoms with Crippen molar-refractivity contribution in [1.29, 1.82) is 0 Å². The van der Waals surface area contributed by atoms with Gasteiger partial charge in [-0.2, -0.15) is 0 Å². The first-order valence-electron chi connectivity index (χ1n) is 8.26. The van der Waals surface area contributed by atoms with Crippen LogP contribution in [0.25, 0.3) is 0 Å². The van der Waals surface area contributed by atoms with Gasteiger partial charge in [0.15, 0.2) is 5.78 Å². The fraction of sp³-hybridized carbons (Fsp3) is 0.211. The average Bonchev–Trinajstić information content (AvgIpc) is 2.79. The monoisotopic (exact) mass is 335 g/mol. The van der Waals surface area contributed by atoms with E-state index in [1.807, 2.05) is 30.3 Å². The lowest BCUT2D eigenvalue weighted by Crippen LogP contribution is -2.23. The molecule has 1 unspecified atom stereocenters. The Hall–Kier alpha value is -3.15. The van der Waals surface area contributed by atoms with Gasteiger partial charge in [-0.15, -0.1) is 0 Å². The number of non-ortho nitro benzene ring substituents is 1. The zero-order valence-corrected chi connectivity index (χ0v) is 13.5. The lowest BCUT2D eigenvalue weighted by molar-refractivity contribution is -0.384. The van der Waals surface area contributed by atoms with Crippen molar-refractivity contribution in [1.82, 2.24) is 0 Å². The van der Waals surface area contributed by atoms with Crippen molar-refractivity contribution in [3.63, 3.8) is 0 Å². The number of nitrogens with zero attached hydrogens (tertiary/aromatic N) is 1. The number of nitrogens with one attached hydrogen (secondary N) is 2. The molecule has 0 spiro atoms. The minimum absolute atomic E-state index is 0.0233. The summed E-state index contributed by atoms with van der Waals surface area (Å²) in [4.78, 5) is 23.4. The van der Waals surface area contributed by atoms with Crippen LogP contribution in [0.15, 0.2) is 59.8 Å². The second kappa shape index (κ2) is 6.05. The number of nitro benzene ring substituents is 1. The molecule has 0 saturated heterocycles. The molecule has 1 atom stereocenters. The summed E-state index contributed by atoms with van der Waals surface area (Å²) < 4.78 is 0. The van der Waals surface area contributed by atoms with E-state index in [-0.39, 0.29) is 11.5 Å². The molecule has 0 radical (unpaired) electrons. The summed E-state index contributed by atoms with van der Waals surface area (Å²) in [7, 11) is 0. The van der Waals surface area contributed by atoms with Crippen LogP contribution in [0.2, 0.25) is 0 Å². The molecule has 0 bridgehead atoms. The molecule has 4 rings (SSSR count). The summed E-state index contributed by atoms with van der Waals surface area (Å²) >= 11 is 0. The summed E-state index contributed by atoms with van der Waals surface area (Å²) in [5.74, 6) is 0.0885. The van der Waals surface area contributed by atoms with Gasteiger partial charge in [-0.1, -0.05) is 24.3 Å². The van der Waals surface area contributed by atoms with Crippen LogP contribution in [0.5, 0.6) is 0 Å². The summed E-state index contributed by atoms with van der Waals surface area (Å²) in [6.07, 6.45) is 2.11. The van der Waals surface area contributed by atoms with E-state index in [4.69, 9.17) is 0 Å². The Morgan fingerprint density at radius 2 is 1.84 bits per heavy atom. The van der Waals surface area contributed by atoms with Gasteiger partial charge in [0.2, 0.25) is 0 Å². The second-order valence-corrected chi connectivity index (χ2v) is 6.27. The SMILES string of the molecule is O=C1CCCC2=C1C(c1cccc([N+](=O)[O-])c1)Nc1ccccc1N2. The molecule has 0 aromatic heterocycles. The quantitative estimate of drug-likeness (QED) is 0.635. The minimum Gasteiger partial charge on any atom is -0.372 e. The number of para-hydroxylation sites is 2. The molecule has 1 aliphatic heterocycles. The van der Waals surface area contributed by atoms with Crippen molar-refractivity contribution in [3.05, 3.63) is 75.5 Å². The minimum atomic E-state index is -0.412. The zero-order valence-electron chi connectivity index (χ0n) is 13.5. The molecule has 1 aliphatic carbocycles. The third kappa shape index (κ3) is 2.76. The highest BCUT2D eigenvalue weighted by Crippen LogP contribution is 2.40. The lowest BCUT2D eigenvalue weighted by Gasteiger charge is -2.25. The molecule has 2 N–H and O–H groups in total. The predicted octanol–water partition coefficient (Wildman–Crippen LogP) is 4.18. The van der Waals surface area contributed by atoms with Gasteiger partial charge >= 0.3 is 0 Å². The van der Waals surface area contributed by atoms with E-state index in [2.05, 4.69) is 10.6 Å². The standard InChI is InChI=1S/C19H17N3O3/c23-17-10-4-9-16-18(17)19(12-5-3-6-13(11-12)22(24)25)21-15-8-2-1-7-14(15)20-16/h1-3,5-8,11,19-21H,4,9-10H2. The summed E-state index contributed by atoms with van der Waals surface area (Å²) in [5, 5.41) is 17.9. The van der Waals surface area contributed by atoms with Crippen LogP contribution in [0, 0.1) is 10.1 Å². The van der Waals surface area contributed by atoms with Crippen molar-refractivity contribution >= 4 is 22.8 Å². The summed E-state index contributed by atoms with van der Waals surface area (Å²) in [5.41, 5.74) is 4.12. The number of anilines is 2. The number of nitro groups is 1. The van der Waals surface area contributed by atoms with Gasteiger partial charge in [0.05, 0.1) is 22.3 Å². The van der Waals surface area contributed by atoms with Crippen LogP contribution in [-0.4, -0.2) is 10.7 Å². The van der Waals surface area contributed by atoms with Crippen LogP contribution < -0.4 is 10.6 Å². The first-order chi connectivity index (χ1) is 12.1. The highest BCUT2D eigenvalue weighted by atomic mass is 16.6. The Morgan fingerprint density at radius 3 is 2.64 bits per heavy atom. The van der Waals surface area contributed by atoms with Gasteiger partial charge in [-0.25, -0.2) is 0 Å². The van der Waals surface area contributed by atoms with Gasteiger partial charge in [0.25, 0.3) is 5.69 Å². The number of benzene rings is 2. The van der Waals surface area contributed by atoms with Gasteiger partial charge in [0.1, 0.15) is 0 Å². The highest BCUT2D eigenvalue weighted by Gasteiger charge is 2.32. The van der Waals surface area contributed by atoms with E-state index in [0.29, 0.717) is 12.0 Å². The number of carbonyl (C=O) groups excluding carboxylic acids is 1. The van der Waals surface area contributed by atoms with E-state index in [0.717, 1.165) is 35.5 Å².